The van der Waals surface area contributed by atoms with Crippen LogP contribution in [0.25, 0.3) is 0 Å². The van der Waals surface area contributed by atoms with Crippen LogP contribution in [0.5, 0.6) is 11.5 Å². The molecule has 0 bridgehead atoms. The van der Waals surface area contributed by atoms with Gasteiger partial charge in [-0.25, -0.2) is 4.79 Å². The van der Waals surface area contributed by atoms with Crippen LogP contribution in [-0.2, 0) is 15.6 Å². The van der Waals surface area contributed by atoms with E-state index in [4.69, 9.17) is 4.74 Å². The predicted octanol–water partition coefficient (Wildman–Crippen LogP) is 9.19. The van der Waals surface area contributed by atoms with Crippen LogP contribution < -0.4 is 4.74 Å². The number of phenols is 1. The third kappa shape index (κ3) is 7.48. The van der Waals surface area contributed by atoms with E-state index in [-0.39, 0.29) is 16.7 Å². The van der Waals surface area contributed by atoms with E-state index in [0.29, 0.717) is 11.5 Å². The van der Waals surface area contributed by atoms with Crippen molar-refractivity contribution < 1.29 is 14.6 Å². The Morgan fingerprint density at radius 1 is 0.889 bits per heavy atom. The van der Waals surface area contributed by atoms with Gasteiger partial charge < -0.3 is 9.84 Å². The second kappa shape index (κ2) is 12.1. The zero-order valence-electron chi connectivity index (χ0n) is 24.2. The Morgan fingerprint density at radius 2 is 1.42 bits per heavy atom. The fraction of sp³-hybridized carbons (Fsp3) is 0.545. The highest BCUT2D eigenvalue weighted by molar-refractivity contribution is 5.84. The highest BCUT2D eigenvalue weighted by Gasteiger charge is 2.31. The summed E-state index contributed by atoms with van der Waals surface area (Å²) in [5, 5.41) is 11.6. The van der Waals surface area contributed by atoms with E-state index >= 15 is 0 Å². The van der Waals surface area contributed by atoms with Crippen molar-refractivity contribution in [3.05, 3.63) is 70.3 Å². The van der Waals surface area contributed by atoms with E-state index in [1.54, 1.807) is 0 Å². The van der Waals surface area contributed by atoms with Crippen LogP contribution in [0.3, 0.4) is 0 Å². The molecule has 0 fully saturated rings. The summed E-state index contributed by atoms with van der Waals surface area (Å²) in [5.74, 6) is 0.402. The summed E-state index contributed by atoms with van der Waals surface area (Å²) in [7, 11) is 0. The van der Waals surface area contributed by atoms with E-state index in [9.17, 15) is 9.90 Å². The Hall–Kier alpha value is -2.55. The first-order valence-corrected chi connectivity index (χ1v) is 13.5. The second-order valence-electron chi connectivity index (χ2n) is 12.4. The van der Waals surface area contributed by atoms with Gasteiger partial charge in [0.15, 0.2) is 0 Å². The molecule has 0 aliphatic rings. The summed E-state index contributed by atoms with van der Waals surface area (Å²) in [4.78, 5) is 12.5. The Labute approximate surface area is 220 Å². The SMILES string of the molecule is C=CC(=O)Oc1c(C(CCCCCCC)c2cc(C)cc(C(C)(C)C)c2O)cc(C)cc1C(C)(C)C. The third-order valence-electron chi connectivity index (χ3n) is 6.88. The maximum absolute atomic E-state index is 12.5. The summed E-state index contributed by atoms with van der Waals surface area (Å²) in [5.41, 5.74) is 5.63. The molecule has 0 saturated heterocycles. The molecule has 2 aromatic carbocycles. The molecule has 3 heteroatoms. The Balaban J connectivity index is 2.82. The molecule has 0 aromatic heterocycles. The van der Waals surface area contributed by atoms with E-state index in [1.807, 2.05) is 0 Å². The quantitative estimate of drug-likeness (QED) is 0.156. The van der Waals surface area contributed by atoms with Crippen molar-refractivity contribution in [3.8, 4) is 11.5 Å². The minimum absolute atomic E-state index is 0.0961. The van der Waals surface area contributed by atoms with Crippen LogP contribution in [0, 0.1) is 13.8 Å². The summed E-state index contributed by atoms with van der Waals surface area (Å²) in [6, 6.07) is 8.45. The van der Waals surface area contributed by atoms with Gasteiger partial charge in [0.2, 0.25) is 0 Å². The molecule has 0 radical (unpaired) electrons. The van der Waals surface area contributed by atoms with Crippen LogP contribution >= 0.6 is 0 Å². The summed E-state index contributed by atoms with van der Waals surface area (Å²) in [6.45, 7) is 22.8. The lowest BCUT2D eigenvalue weighted by Crippen LogP contribution is -2.19. The van der Waals surface area contributed by atoms with Gasteiger partial charge in [0.05, 0.1) is 0 Å². The van der Waals surface area contributed by atoms with Gasteiger partial charge in [-0.1, -0.05) is 123 Å². The highest BCUT2D eigenvalue weighted by Crippen LogP contribution is 2.47. The Morgan fingerprint density at radius 3 is 1.94 bits per heavy atom. The lowest BCUT2D eigenvalue weighted by atomic mass is 9.77. The molecule has 0 aliphatic heterocycles. The number of unbranched alkanes of at least 4 members (excludes halogenated alkanes) is 4. The number of carbonyl (C=O) groups is 1. The molecule has 0 aliphatic carbocycles. The largest absolute Gasteiger partial charge is 0.507 e. The Bertz CT molecular complexity index is 1060. The molecular formula is C33H48O3. The van der Waals surface area contributed by atoms with Gasteiger partial charge in [0, 0.05) is 28.7 Å². The number of benzene rings is 2. The molecule has 0 heterocycles. The molecule has 2 rings (SSSR count). The third-order valence-corrected chi connectivity index (χ3v) is 6.88. The molecule has 1 unspecified atom stereocenters. The molecule has 0 amide bonds. The minimum Gasteiger partial charge on any atom is -0.507 e. The standard InChI is InChI=1S/C33H48O3/c1-11-13-14-15-16-17-24(25-18-22(3)20-27(30(25)35)32(5,6)7)26-19-23(4)21-28(33(8,9)10)31(26)36-29(34)12-2/h12,18-21,24,35H,2,11,13-17H2,1,3-10H3. The fourth-order valence-electron chi connectivity index (χ4n) is 4.95. The highest BCUT2D eigenvalue weighted by atomic mass is 16.5. The molecule has 0 saturated carbocycles. The number of ether oxygens (including phenoxy) is 1. The Kier molecular flexibility index (Phi) is 10.00. The number of rotatable bonds is 10. The number of hydrogen-bond acceptors (Lipinski definition) is 3. The van der Waals surface area contributed by atoms with Gasteiger partial charge >= 0.3 is 5.97 Å². The van der Waals surface area contributed by atoms with Crippen molar-refractivity contribution in [1.29, 1.82) is 0 Å². The topological polar surface area (TPSA) is 46.5 Å². The van der Waals surface area contributed by atoms with Gasteiger partial charge in [-0.05, 0) is 36.7 Å². The minimum atomic E-state index is -0.462. The van der Waals surface area contributed by atoms with Gasteiger partial charge in [0.25, 0.3) is 0 Å². The van der Waals surface area contributed by atoms with E-state index in [1.165, 1.54) is 25.3 Å². The summed E-state index contributed by atoms with van der Waals surface area (Å²) < 4.78 is 5.98. The molecule has 3 nitrogen and oxygen atoms in total. The van der Waals surface area contributed by atoms with Crippen molar-refractivity contribution >= 4 is 5.97 Å². The lowest BCUT2D eigenvalue weighted by Gasteiger charge is -2.30. The number of carbonyl (C=O) groups excluding carboxylic acids is 1. The van der Waals surface area contributed by atoms with Crippen molar-refractivity contribution in [2.45, 2.75) is 118 Å². The van der Waals surface area contributed by atoms with Crippen LogP contribution in [0.1, 0.15) is 126 Å². The van der Waals surface area contributed by atoms with Crippen molar-refractivity contribution in [1.82, 2.24) is 0 Å². The van der Waals surface area contributed by atoms with Crippen molar-refractivity contribution in [2.24, 2.45) is 0 Å². The van der Waals surface area contributed by atoms with Crippen LogP contribution in [0.15, 0.2) is 36.9 Å². The van der Waals surface area contributed by atoms with Crippen LogP contribution in [0.2, 0.25) is 0 Å². The number of phenolic OH excluding ortho intramolecular Hbond substituents is 1. The summed E-state index contributed by atoms with van der Waals surface area (Å²) >= 11 is 0. The monoisotopic (exact) mass is 492 g/mol. The first kappa shape index (κ1) is 29.7. The predicted molar refractivity (Wildman–Crippen MR) is 152 cm³/mol. The van der Waals surface area contributed by atoms with Crippen molar-refractivity contribution in [2.75, 3.05) is 0 Å². The normalized spacial score (nSPS) is 12.9. The zero-order valence-corrected chi connectivity index (χ0v) is 24.2. The van der Waals surface area contributed by atoms with E-state index in [0.717, 1.165) is 52.6 Å². The molecule has 2 aromatic rings. The summed E-state index contributed by atoms with van der Waals surface area (Å²) in [6.07, 6.45) is 7.91. The average Bonchev–Trinajstić information content (AvgIpc) is 2.77. The first-order valence-electron chi connectivity index (χ1n) is 13.5. The maximum Gasteiger partial charge on any atom is 0.335 e. The fourth-order valence-corrected chi connectivity index (χ4v) is 4.95. The number of esters is 1. The first-order chi connectivity index (χ1) is 16.7. The number of aromatic hydroxyl groups is 1. The average molecular weight is 493 g/mol. The lowest BCUT2D eigenvalue weighted by molar-refractivity contribution is -0.129. The zero-order chi connectivity index (χ0) is 27.3. The molecule has 1 atom stereocenters. The number of hydrogen-bond donors (Lipinski definition) is 1. The maximum atomic E-state index is 12.5. The van der Waals surface area contributed by atoms with Gasteiger partial charge in [0.1, 0.15) is 11.5 Å². The molecular weight excluding hydrogens is 444 g/mol. The van der Waals surface area contributed by atoms with Crippen molar-refractivity contribution in [3.63, 3.8) is 0 Å². The molecule has 198 valence electrons. The number of aryl methyl sites for hydroxylation is 2. The molecule has 0 spiro atoms. The van der Waals surface area contributed by atoms with E-state index in [2.05, 4.69) is 93.2 Å². The molecule has 36 heavy (non-hydrogen) atoms. The van der Waals surface area contributed by atoms with Gasteiger partial charge in [-0.15, -0.1) is 0 Å². The smallest absolute Gasteiger partial charge is 0.335 e. The second-order valence-corrected chi connectivity index (χ2v) is 12.4. The van der Waals surface area contributed by atoms with E-state index < -0.39 is 5.97 Å². The van der Waals surface area contributed by atoms with Crippen LogP contribution in [-0.4, -0.2) is 11.1 Å². The van der Waals surface area contributed by atoms with Gasteiger partial charge in [-0.2, -0.15) is 0 Å². The van der Waals surface area contributed by atoms with Crippen LogP contribution in [0.4, 0.5) is 0 Å². The van der Waals surface area contributed by atoms with Gasteiger partial charge in [-0.3, -0.25) is 0 Å². The molecule has 1 N–H and O–H groups in total.